The average molecular weight is 216 g/mol. The van der Waals surface area contributed by atoms with Crippen LogP contribution in [0.3, 0.4) is 0 Å². The largest absolute Gasteiger partial charge is 0.385 e. The molecule has 2 aromatic carbocycles. The highest BCUT2D eigenvalue weighted by Crippen LogP contribution is 2.27. The van der Waals surface area contributed by atoms with Crippen LogP contribution in [-0.2, 0) is 0 Å². The molecule has 2 aromatic rings. The van der Waals surface area contributed by atoms with Gasteiger partial charge in [-0.15, -0.1) is 0 Å². The van der Waals surface area contributed by atoms with Crippen molar-refractivity contribution in [1.29, 1.82) is 0 Å². The van der Waals surface area contributed by atoms with Gasteiger partial charge >= 0.3 is 0 Å². The van der Waals surface area contributed by atoms with E-state index in [1.807, 2.05) is 0 Å². The molecule has 0 fully saturated rings. The van der Waals surface area contributed by atoms with Crippen LogP contribution in [0.25, 0.3) is 0 Å². The number of benzene rings is 2. The van der Waals surface area contributed by atoms with E-state index >= 15 is 0 Å². The minimum absolute atomic E-state index is 0.173. The van der Waals surface area contributed by atoms with Crippen molar-refractivity contribution in [2.75, 3.05) is 0 Å². The van der Waals surface area contributed by atoms with Gasteiger partial charge in [0, 0.05) is 0 Å². The van der Waals surface area contributed by atoms with Crippen molar-refractivity contribution in [2.45, 2.75) is 12.2 Å². The van der Waals surface area contributed by atoms with Gasteiger partial charge in [0.25, 0.3) is 0 Å². The second-order valence-corrected chi connectivity index (χ2v) is 3.43. The zero-order valence-electron chi connectivity index (χ0n) is 10.7. The van der Waals surface area contributed by atoms with Gasteiger partial charge in [-0.25, -0.2) is 0 Å². The van der Waals surface area contributed by atoms with E-state index in [1.165, 1.54) is 24.3 Å². The van der Waals surface area contributed by atoms with Gasteiger partial charge < -0.3 is 10.2 Å². The Labute approximate surface area is 97.6 Å². The van der Waals surface area contributed by atoms with E-state index < -0.39 is 12.2 Å². The van der Waals surface area contributed by atoms with Crippen molar-refractivity contribution in [1.82, 2.24) is 0 Å². The van der Waals surface area contributed by atoms with E-state index in [0.717, 1.165) is 0 Å². The normalized spacial score (nSPS) is 20.1. The maximum atomic E-state index is 10.2. The zero-order chi connectivity index (χ0) is 13.2. The van der Waals surface area contributed by atoms with Gasteiger partial charge in [-0.1, -0.05) is 60.7 Å². The lowest BCUT2D eigenvalue weighted by atomic mass is 9.99. The molecule has 2 rings (SSSR count). The lowest BCUT2D eigenvalue weighted by Crippen LogP contribution is -2.09. The lowest BCUT2D eigenvalue weighted by molar-refractivity contribution is 0.0172. The molecule has 0 radical (unpaired) electrons. The summed E-state index contributed by atoms with van der Waals surface area (Å²) in [6.45, 7) is 0. The summed E-state index contributed by atoms with van der Waals surface area (Å²) in [6.07, 6.45) is -4.87. The Balaban J connectivity index is 2.47. The van der Waals surface area contributed by atoms with Crippen LogP contribution in [-0.4, -0.2) is 10.2 Å². The van der Waals surface area contributed by atoms with Gasteiger partial charge in [-0.05, 0) is 11.1 Å². The predicted octanol–water partition coefficient (Wildman–Crippen LogP) is 2.45. The van der Waals surface area contributed by atoms with Crippen molar-refractivity contribution in [3.63, 3.8) is 0 Å². The summed E-state index contributed by atoms with van der Waals surface area (Å²) < 4.78 is 15.9. The molecule has 16 heavy (non-hydrogen) atoms. The summed E-state index contributed by atoms with van der Waals surface area (Å²) in [7, 11) is 0. The molecule has 0 spiro atoms. The summed E-state index contributed by atoms with van der Waals surface area (Å²) in [5, 5.41) is 20.4. The Morgan fingerprint density at radius 1 is 0.688 bits per heavy atom. The van der Waals surface area contributed by atoms with Crippen LogP contribution in [0.1, 0.15) is 26.0 Å². The van der Waals surface area contributed by atoms with E-state index in [0.29, 0.717) is 0 Å². The minimum Gasteiger partial charge on any atom is -0.385 e. The number of rotatable bonds is 3. The van der Waals surface area contributed by atoms with Gasteiger partial charge in [0.1, 0.15) is 12.2 Å². The van der Waals surface area contributed by atoms with E-state index in [4.69, 9.17) is 2.74 Å². The Morgan fingerprint density at radius 2 is 1.00 bits per heavy atom. The average Bonchev–Trinajstić information content (AvgIpc) is 2.40. The first-order valence-corrected chi connectivity index (χ1v) is 5.02. The van der Waals surface area contributed by atoms with Crippen LogP contribution in [0, 0.1) is 0 Å². The second-order valence-electron chi connectivity index (χ2n) is 3.43. The third-order valence-electron chi connectivity index (χ3n) is 2.32. The molecule has 0 aliphatic carbocycles. The third-order valence-corrected chi connectivity index (χ3v) is 2.32. The van der Waals surface area contributed by atoms with Gasteiger partial charge in [0.15, 0.2) is 0 Å². The van der Waals surface area contributed by atoms with Gasteiger partial charge in [0.05, 0.1) is 2.74 Å². The molecule has 2 heteroatoms. The molecule has 0 amide bonds. The monoisotopic (exact) mass is 216 g/mol. The molecule has 2 unspecified atom stereocenters. The molecule has 2 atom stereocenters. The Hall–Kier alpha value is -1.64. The predicted molar refractivity (Wildman–Crippen MR) is 62.8 cm³/mol. The second kappa shape index (κ2) is 4.92. The van der Waals surface area contributed by atoms with E-state index in [9.17, 15) is 10.2 Å². The van der Waals surface area contributed by atoms with Gasteiger partial charge in [-0.3, -0.25) is 0 Å². The van der Waals surface area contributed by atoms with Gasteiger partial charge in [0.2, 0.25) is 0 Å². The third kappa shape index (κ3) is 2.30. The van der Waals surface area contributed by atoms with Crippen LogP contribution in [0.5, 0.6) is 0 Å². The van der Waals surface area contributed by atoms with E-state index in [2.05, 4.69) is 0 Å². The fourth-order valence-electron chi connectivity index (χ4n) is 1.47. The molecule has 0 bridgehead atoms. The summed E-state index contributed by atoms with van der Waals surface area (Å²) in [5.74, 6) is 0. The van der Waals surface area contributed by atoms with Crippen LogP contribution in [0.2, 0.25) is 0 Å². The molecule has 0 aliphatic rings. The van der Waals surface area contributed by atoms with Crippen molar-refractivity contribution in [3.8, 4) is 0 Å². The van der Waals surface area contributed by atoms with Crippen molar-refractivity contribution >= 4 is 0 Å². The molecular weight excluding hydrogens is 200 g/mol. The highest BCUT2D eigenvalue weighted by molar-refractivity contribution is 5.24. The molecule has 0 saturated heterocycles. The number of aliphatic hydroxyl groups is 2. The zero-order valence-corrected chi connectivity index (χ0v) is 8.67. The Kier molecular flexibility index (Phi) is 2.62. The Bertz CT molecular complexity index is 460. The topological polar surface area (TPSA) is 40.5 Å². The maximum absolute atomic E-state index is 10.2. The first-order chi connectivity index (χ1) is 8.46. The minimum atomic E-state index is -2.43. The molecule has 0 aliphatic heterocycles. The van der Waals surface area contributed by atoms with Crippen molar-refractivity contribution in [3.05, 3.63) is 71.8 Å². The summed E-state index contributed by atoms with van der Waals surface area (Å²) >= 11 is 0. The van der Waals surface area contributed by atoms with Crippen LogP contribution in [0.4, 0.5) is 0 Å². The fourth-order valence-corrected chi connectivity index (χ4v) is 1.47. The SMILES string of the molecule is [2H]C(O)(c1ccccc1)C([2H])(O)c1ccccc1. The van der Waals surface area contributed by atoms with Crippen LogP contribution >= 0.6 is 0 Å². The number of hydrogen-bond acceptors (Lipinski definition) is 2. The van der Waals surface area contributed by atoms with E-state index in [-0.39, 0.29) is 11.1 Å². The highest BCUT2D eigenvalue weighted by Gasteiger charge is 2.19. The van der Waals surface area contributed by atoms with Gasteiger partial charge in [-0.2, -0.15) is 0 Å². The van der Waals surface area contributed by atoms with E-state index in [1.54, 1.807) is 36.4 Å². The first-order valence-electron chi connectivity index (χ1n) is 6.02. The lowest BCUT2D eigenvalue weighted by Gasteiger charge is -2.18. The van der Waals surface area contributed by atoms with Crippen LogP contribution in [0.15, 0.2) is 60.7 Å². The summed E-state index contributed by atoms with van der Waals surface area (Å²) in [5.41, 5.74) is 0.345. The van der Waals surface area contributed by atoms with Crippen molar-refractivity contribution in [2.24, 2.45) is 0 Å². The molecule has 0 heterocycles. The smallest absolute Gasteiger partial charge is 0.109 e. The molecule has 2 nitrogen and oxygen atoms in total. The molecular formula is C14H14O2. The molecule has 0 aromatic heterocycles. The summed E-state index contributed by atoms with van der Waals surface area (Å²) in [6, 6.07) is 16.1. The molecule has 0 saturated carbocycles. The maximum Gasteiger partial charge on any atom is 0.109 e. The fraction of sp³-hybridized carbons (Fsp3) is 0.143. The Morgan fingerprint density at radius 3 is 1.31 bits per heavy atom. The molecule has 82 valence electrons. The summed E-state index contributed by atoms with van der Waals surface area (Å²) in [4.78, 5) is 0. The van der Waals surface area contributed by atoms with Crippen molar-refractivity contribution < 1.29 is 13.0 Å². The first kappa shape index (κ1) is 8.50. The van der Waals surface area contributed by atoms with Crippen LogP contribution < -0.4 is 0 Å². The quantitative estimate of drug-likeness (QED) is 0.827. The molecule has 2 N–H and O–H groups in total. The standard InChI is InChI=1S/C14H14O2/c15-13(11-7-3-1-4-8-11)14(16)12-9-5-2-6-10-12/h1-10,13-16H/i13D,14D. The number of hydrogen-bond donors (Lipinski definition) is 2. The highest BCUT2D eigenvalue weighted by atomic mass is 16.3.